The van der Waals surface area contributed by atoms with Gasteiger partial charge in [0.25, 0.3) is 11.8 Å². The summed E-state index contributed by atoms with van der Waals surface area (Å²) in [6.45, 7) is 4.20. The molecule has 1 unspecified atom stereocenters. The van der Waals surface area contributed by atoms with Gasteiger partial charge in [0.2, 0.25) is 0 Å². The fraction of sp³-hybridized carbons (Fsp3) is 0.217. The van der Waals surface area contributed by atoms with E-state index < -0.39 is 17.9 Å². The van der Waals surface area contributed by atoms with Gasteiger partial charge in [-0.25, -0.2) is 0 Å². The van der Waals surface area contributed by atoms with Crippen molar-refractivity contribution in [1.82, 2.24) is 10.9 Å². The average molecular weight is 392 g/mol. The Hall–Kier alpha value is -3.54. The molecule has 2 amide bonds. The average Bonchev–Trinajstić information content (AvgIpc) is 2.75. The van der Waals surface area contributed by atoms with E-state index in [9.17, 15) is 9.59 Å². The zero-order valence-electron chi connectivity index (χ0n) is 16.5. The van der Waals surface area contributed by atoms with Crippen molar-refractivity contribution in [2.75, 3.05) is 6.61 Å². The van der Waals surface area contributed by atoms with Crippen molar-refractivity contribution in [3.8, 4) is 11.5 Å². The van der Waals surface area contributed by atoms with Crippen LogP contribution in [0.25, 0.3) is 10.8 Å². The van der Waals surface area contributed by atoms with E-state index in [1.165, 1.54) is 0 Å². The Morgan fingerprint density at radius 2 is 1.69 bits per heavy atom. The molecule has 150 valence electrons. The maximum atomic E-state index is 12.3. The van der Waals surface area contributed by atoms with Crippen molar-refractivity contribution in [2.45, 2.75) is 26.4 Å². The molecule has 29 heavy (non-hydrogen) atoms. The molecule has 0 fully saturated rings. The Balaban J connectivity index is 1.54. The summed E-state index contributed by atoms with van der Waals surface area (Å²) in [5.41, 5.74) is 5.19. The molecule has 0 aliphatic heterocycles. The number of nitrogens with one attached hydrogen (secondary N) is 2. The number of amides is 2. The lowest BCUT2D eigenvalue weighted by Gasteiger charge is -2.15. The van der Waals surface area contributed by atoms with Gasteiger partial charge in [0.05, 0.1) is 6.61 Å². The van der Waals surface area contributed by atoms with E-state index in [1.54, 1.807) is 31.2 Å². The van der Waals surface area contributed by atoms with E-state index in [0.717, 1.165) is 17.2 Å². The van der Waals surface area contributed by atoms with Crippen molar-refractivity contribution in [3.05, 3.63) is 72.3 Å². The fourth-order valence-electron chi connectivity index (χ4n) is 2.74. The number of carbonyl (C=O) groups is 2. The van der Waals surface area contributed by atoms with Gasteiger partial charge in [-0.05, 0) is 54.4 Å². The molecular weight excluding hydrogens is 368 g/mol. The van der Waals surface area contributed by atoms with E-state index in [-0.39, 0.29) is 0 Å². The summed E-state index contributed by atoms with van der Waals surface area (Å²) in [7, 11) is 0. The molecule has 0 aromatic heterocycles. The summed E-state index contributed by atoms with van der Waals surface area (Å²) >= 11 is 0. The molecular formula is C23H24N2O4. The molecule has 3 aromatic rings. The maximum absolute atomic E-state index is 12.3. The van der Waals surface area contributed by atoms with E-state index in [4.69, 9.17) is 9.47 Å². The van der Waals surface area contributed by atoms with Gasteiger partial charge in [-0.2, -0.15) is 0 Å². The van der Waals surface area contributed by atoms with Gasteiger partial charge in [-0.15, -0.1) is 0 Å². The van der Waals surface area contributed by atoms with Crippen LogP contribution in [0.15, 0.2) is 66.7 Å². The molecule has 3 rings (SSSR count). The molecule has 6 nitrogen and oxygen atoms in total. The summed E-state index contributed by atoms with van der Waals surface area (Å²) in [5, 5.41) is 2.12. The fourth-order valence-corrected chi connectivity index (χ4v) is 2.74. The molecule has 0 aliphatic rings. The number of fused-ring (bicyclic) bond motifs is 1. The summed E-state index contributed by atoms with van der Waals surface area (Å²) in [6.07, 6.45) is 0.0948. The van der Waals surface area contributed by atoms with Gasteiger partial charge in [0, 0.05) is 5.56 Å². The molecule has 0 spiro atoms. The molecule has 0 bridgehead atoms. The van der Waals surface area contributed by atoms with Crippen LogP contribution < -0.4 is 20.3 Å². The topological polar surface area (TPSA) is 76.7 Å². The molecule has 0 saturated heterocycles. The zero-order chi connectivity index (χ0) is 20.6. The highest BCUT2D eigenvalue weighted by molar-refractivity contribution is 5.96. The van der Waals surface area contributed by atoms with Crippen LogP contribution in [-0.2, 0) is 4.79 Å². The van der Waals surface area contributed by atoms with Gasteiger partial charge in [-0.1, -0.05) is 43.3 Å². The number of hydrogen-bond acceptors (Lipinski definition) is 4. The number of hydrogen-bond donors (Lipinski definition) is 2. The Morgan fingerprint density at radius 3 is 2.48 bits per heavy atom. The van der Waals surface area contributed by atoms with E-state index in [0.29, 0.717) is 23.7 Å². The Labute approximate surface area is 169 Å². The zero-order valence-corrected chi connectivity index (χ0v) is 16.5. The van der Waals surface area contributed by atoms with Gasteiger partial charge >= 0.3 is 0 Å². The number of rotatable bonds is 7. The molecule has 0 heterocycles. The number of carbonyl (C=O) groups excluding carboxylic acids is 2. The first-order valence-corrected chi connectivity index (χ1v) is 9.55. The minimum absolute atomic E-state index is 0.391. The van der Waals surface area contributed by atoms with Crippen molar-refractivity contribution in [2.24, 2.45) is 0 Å². The van der Waals surface area contributed by atoms with Crippen molar-refractivity contribution in [3.63, 3.8) is 0 Å². The predicted octanol–water partition coefficient (Wildman–Crippen LogP) is 3.86. The first-order valence-electron chi connectivity index (χ1n) is 9.55. The van der Waals surface area contributed by atoms with E-state index >= 15 is 0 Å². The summed E-state index contributed by atoms with van der Waals surface area (Å²) < 4.78 is 11.2. The van der Waals surface area contributed by atoms with Gasteiger partial charge in [0.1, 0.15) is 11.5 Å². The van der Waals surface area contributed by atoms with Crippen LogP contribution in [0.3, 0.4) is 0 Å². The largest absolute Gasteiger partial charge is 0.494 e. The lowest BCUT2D eigenvalue weighted by Crippen LogP contribution is -2.47. The summed E-state index contributed by atoms with van der Waals surface area (Å²) in [5.74, 6) is 0.306. The predicted molar refractivity (Wildman–Crippen MR) is 112 cm³/mol. The highest BCUT2D eigenvalue weighted by Crippen LogP contribution is 2.21. The Morgan fingerprint density at radius 1 is 0.897 bits per heavy atom. The van der Waals surface area contributed by atoms with E-state index in [2.05, 4.69) is 10.9 Å². The highest BCUT2D eigenvalue weighted by Gasteiger charge is 2.16. The molecule has 0 aliphatic carbocycles. The Kier molecular flexibility index (Phi) is 6.68. The summed E-state index contributed by atoms with van der Waals surface area (Å²) in [6, 6.07) is 20.3. The second-order valence-corrected chi connectivity index (χ2v) is 6.59. The SMILES string of the molecule is CCCOc1cccc(C(=O)NNC(=O)C(C)Oc2ccc3ccccc3c2)c1. The molecule has 0 saturated carbocycles. The minimum Gasteiger partial charge on any atom is -0.494 e. The number of hydrazine groups is 1. The standard InChI is InChI=1S/C23H24N2O4/c1-3-13-28-20-10-6-9-19(15-20)23(27)25-24-22(26)16(2)29-21-12-11-17-7-4-5-8-18(17)14-21/h4-12,14-16H,3,13H2,1-2H3,(H,24,26)(H,25,27). The van der Waals surface area contributed by atoms with Gasteiger partial charge < -0.3 is 9.47 Å². The second-order valence-electron chi connectivity index (χ2n) is 6.59. The van der Waals surface area contributed by atoms with Crippen LogP contribution >= 0.6 is 0 Å². The van der Waals surface area contributed by atoms with Crippen LogP contribution in [0.5, 0.6) is 11.5 Å². The number of benzene rings is 3. The van der Waals surface area contributed by atoms with Crippen LogP contribution in [-0.4, -0.2) is 24.5 Å². The molecule has 1 atom stereocenters. The quantitative estimate of drug-likeness (QED) is 0.599. The molecule has 2 N–H and O–H groups in total. The molecule has 6 heteroatoms. The van der Waals surface area contributed by atoms with Crippen LogP contribution in [0.1, 0.15) is 30.6 Å². The number of ether oxygens (including phenoxy) is 2. The molecule has 0 radical (unpaired) electrons. The lowest BCUT2D eigenvalue weighted by molar-refractivity contribution is -0.128. The highest BCUT2D eigenvalue weighted by atomic mass is 16.5. The van der Waals surface area contributed by atoms with Crippen LogP contribution in [0.2, 0.25) is 0 Å². The van der Waals surface area contributed by atoms with Crippen molar-refractivity contribution in [1.29, 1.82) is 0 Å². The monoisotopic (exact) mass is 392 g/mol. The summed E-state index contributed by atoms with van der Waals surface area (Å²) in [4.78, 5) is 24.6. The Bertz CT molecular complexity index is 1000. The first kappa shape index (κ1) is 20.2. The first-order chi connectivity index (χ1) is 14.1. The third kappa shape index (κ3) is 5.48. The van der Waals surface area contributed by atoms with Crippen molar-refractivity contribution < 1.29 is 19.1 Å². The van der Waals surface area contributed by atoms with Gasteiger partial charge in [0.15, 0.2) is 6.10 Å². The maximum Gasteiger partial charge on any atom is 0.279 e. The lowest BCUT2D eigenvalue weighted by atomic mass is 10.1. The normalized spacial score (nSPS) is 11.5. The van der Waals surface area contributed by atoms with Gasteiger partial charge in [-0.3, -0.25) is 20.4 Å². The smallest absolute Gasteiger partial charge is 0.279 e. The second kappa shape index (κ2) is 9.59. The minimum atomic E-state index is -0.782. The third-order valence-corrected chi connectivity index (χ3v) is 4.27. The van der Waals surface area contributed by atoms with Crippen LogP contribution in [0, 0.1) is 0 Å². The van der Waals surface area contributed by atoms with Crippen molar-refractivity contribution >= 4 is 22.6 Å². The van der Waals surface area contributed by atoms with E-state index in [1.807, 2.05) is 49.4 Å². The van der Waals surface area contributed by atoms with Crippen LogP contribution in [0.4, 0.5) is 0 Å². The molecule has 3 aromatic carbocycles. The third-order valence-electron chi connectivity index (χ3n) is 4.27.